The van der Waals surface area contributed by atoms with E-state index in [9.17, 15) is 14.3 Å². The van der Waals surface area contributed by atoms with Crippen molar-refractivity contribution < 1.29 is 19.0 Å². The zero-order chi connectivity index (χ0) is 16.9. The quantitative estimate of drug-likeness (QED) is 0.915. The highest BCUT2D eigenvalue weighted by atomic mass is 19.1. The summed E-state index contributed by atoms with van der Waals surface area (Å²) in [5, 5.41) is 9.98. The zero-order valence-corrected chi connectivity index (χ0v) is 13.3. The van der Waals surface area contributed by atoms with Gasteiger partial charge in [0.1, 0.15) is 11.6 Å². The highest BCUT2D eigenvalue weighted by Crippen LogP contribution is 2.22. The van der Waals surface area contributed by atoms with Crippen molar-refractivity contribution in [3.05, 3.63) is 65.5 Å². The minimum Gasteiger partial charge on any atom is -0.508 e. The van der Waals surface area contributed by atoms with Gasteiger partial charge in [-0.25, -0.2) is 4.39 Å². The molecule has 2 aromatic carbocycles. The lowest BCUT2D eigenvalue weighted by atomic mass is 10.1. The van der Waals surface area contributed by atoms with E-state index in [2.05, 4.69) is 0 Å². The summed E-state index contributed by atoms with van der Waals surface area (Å²) in [6.45, 7) is 1.27. The fourth-order valence-electron chi connectivity index (χ4n) is 2.91. The average Bonchev–Trinajstić information content (AvgIpc) is 3.09. The highest BCUT2D eigenvalue weighted by molar-refractivity contribution is 5.94. The third-order valence-electron chi connectivity index (χ3n) is 4.19. The predicted octanol–water partition coefficient (Wildman–Crippen LogP) is 3.35. The number of amides is 1. The van der Waals surface area contributed by atoms with Crippen molar-refractivity contribution in [3.63, 3.8) is 0 Å². The molecule has 24 heavy (non-hydrogen) atoms. The summed E-state index contributed by atoms with van der Waals surface area (Å²) in [5.41, 5.74) is 0.658. The Balaban J connectivity index is 1.85. The van der Waals surface area contributed by atoms with Crippen LogP contribution in [0.15, 0.2) is 48.5 Å². The Labute approximate surface area is 140 Å². The van der Waals surface area contributed by atoms with Crippen LogP contribution in [0, 0.1) is 5.82 Å². The van der Waals surface area contributed by atoms with E-state index in [0.717, 1.165) is 12.8 Å². The fraction of sp³-hybridized carbons (Fsp3) is 0.316. The van der Waals surface area contributed by atoms with Gasteiger partial charge < -0.3 is 14.7 Å². The molecule has 1 N–H and O–H groups in total. The van der Waals surface area contributed by atoms with Crippen molar-refractivity contribution in [2.45, 2.75) is 25.5 Å². The van der Waals surface area contributed by atoms with Crippen LogP contribution in [0.5, 0.6) is 5.75 Å². The van der Waals surface area contributed by atoms with Crippen LogP contribution in [0.25, 0.3) is 0 Å². The first-order valence-electron chi connectivity index (χ1n) is 8.07. The third kappa shape index (κ3) is 3.74. The molecule has 4 nitrogen and oxygen atoms in total. The van der Waals surface area contributed by atoms with E-state index in [4.69, 9.17) is 4.74 Å². The van der Waals surface area contributed by atoms with E-state index in [1.807, 2.05) is 0 Å². The number of rotatable bonds is 5. The van der Waals surface area contributed by atoms with Gasteiger partial charge in [0.2, 0.25) is 0 Å². The van der Waals surface area contributed by atoms with E-state index < -0.39 is 11.7 Å². The standard InChI is InChI=1S/C19H20FNO3/c20-17-9-3-2-8-16(17)19(23)21(13-15-7-5-11-24-15)12-14-6-1-4-10-18(14)22/h1-4,6,8-10,15,22H,5,7,11-13H2. The number of halogens is 1. The van der Waals surface area contributed by atoms with Crippen LogP contribution in [0.4, 0.5) is 4.39 Å². The van der Waals surface area contributed by atoms with Crippen LogP contribution in [0.2, 0.25) is 0 Å². The summed E-state index contributed by atoms with van der Waals surface area (Å²) < 4.78 is 19.6. The number of hydrogen-bond donors (Lipinski definition) is 1. The van der Waals surface area contributed by atoms with Gasteiger partial charge in [0.05, 0.1) is 11.7 Å². The maximum absolute atomic E-state index is 14.0. The second-order valence-electron chi connectivity index (χ2n) is 5.93. The number of carbonyl (C=O) groups is 1. The van der Waals surface area contributed by atoms with Crippen LogP contribution in [-0.4, -0.2) is 35.2 Å². The zero-order valence-electron chi connectivity index (χ0n) is 13.3. The van der Waals surface area contributed by atoms with Crippen LogP contribution < -0.4 is 0 Å². The second-order valence-corrected chi connectivity index (χ2v) is 5.93. The van der Waals surface area contributed by atoms with Gasteiger partial charge in [-0.2, -0.15) is 0 Å². The summed E-state index contributed by atoms with van der Waals surface area (Å²) in [7, 11) is 0. The Bertz CT molecular complexity index is 713. The van der Waals surface area contributed by atoms with E-state index in [1.165, 1.54) is 12.1 Å². The molecule has 126 valence electrons. The molecule has 0 spiro atoms. The lowest BCUT2D eigenvalue weighted by molar-refractivity contribution is 0.0502. The smallest absolute Gasteiger partial charge is 0.257 e. The van der Waals surface area contributed by atoms with Crippen LogP contribution in [0.1, 0.15) is 28.8 Å². The van der Waals surface area contributed by atoms with E-state index in [0.29, 0.717) is 18.7 Å². The Morgan fingerprint density at radius 2 is 1.96 bits per heavy atom. The minimum absolute atomic E-state index is 0.0333. The largest absolute Gasteiger partial charge is 0.508 e. The number of nitrogens with zero attached hydrogens (tertiary/aromatic N) is 1. The normalized spacial score (nSPS) is 17.0. The van der Waals surface area contributed by atoms with Gasteiger partial charge in [0.15, 0.2) is 0 Å². The van der Waals surface area contributed by atoms with Gasteiger partial charge in [0.25, 0.3) is 5.91 Å². The number of carbonyl (C=O) groups excluding carboxylic acids is 1. The first-order chi connectivity index (χ1) is 11.6. The molecule has 1 aliphatic heterocycles. The Morgan fingerprint density at radius 3 is 2.67 bits per heavy atom. The molecule has 0 saturated carbocycles. The van der Waals surface area contributed by atoms with Crippen molar-refractivity contribution in [1.82, 2.24) is 4.90 Å². The molecule has 1 saturated heterocycles. The summed E-state index contributed by atoms with van der Waals surface area (Å²) >= 11 is 0. The molecular formula is C19H20FNO3. The van der Waals surface area contributed by atoms with Crippen LogP contribution >= 0.6 is 0 Å². The topological polar surface area (TPSA) is 49.8 Å². The van der Waals surface area contributed by atoms with Crippen molar-refractivity contribution >= 4 is 5.91 Å². The second kappa shape index (κ2) is 7.45. The molecule has 0 radical (unpaired) electrons. The molecule has 1 aliphatic rings. The Morgan fingerprint density at radius 1 is 1.21 bits per heavy atom. The van der Waals surface area contributed by atoms with E-state index in [1.54, 1.807) is 41.3 Å². The first-order valence-corrected chi connectivity index (χ1v) is 8.07. The maximum atomic E-state index is 14.0. The van der Waals surface area contributed by atoms with Gasteiger partial charge in [-0.1, -0.05) is 30.3 Å². The molecule has 3 rings (SSSR count). The Kier molecular flexibility index (Phi) is 5.11. The molecule has 1 atom stereocenters. The number of benzene rings is 2. The average molecular weight is 329 g/mol. The number of phenols is 1. The van der Waals surface area contributed by atoms with Gasteiger partial charge in [-0.05, 0) is 31.0 Å². The van der Waals surface area contributed by atoms with Gasteiger partial charge >= 0.3 is 0 Å². The molecule has 2 aromatic rings. The number of hydrogen-bond acceptors (Lipinski definition) is 3. The maximum Gasteiger partial charge on any atom is 0.257 e. The van der Waals surface area contributed by atoms with Crippen molar-refractivity contribution in [2.24, 2.45) is 0 Å². The fourth-order valence-corrected chi connectivity index (χ4v) is 2.91. The molecule has 0 aliphatic carbocycles. The summed E-state index contributed by atoms with van der Waals surface area (Å²) in [6, 6.07) is 12.8. The summed E-state index contributed by atoms with van der Waals surface area (Å²) in [5.74, 6) is -0.819. The molecule has 1 heterocycles. The molecule has 0 aromatic heterocycles. The number of phenolic OH excluding ortho intramolecular Hbond substituents is 1. The molecule has 1 amide bonds. The predicted molar refractivity (Wildman–Crippen MR) is 88.2 cm³/mol. The summed E-state index contributed by atoms with van der Waals surface area (Å²) in [6.07, 6.45) is 1.79. The van der Waals surface area contributed by atoms with Crippen LogP contribution in [0.3, 0.4) is 0 Å². The van der Waals surface area contributed by atoms with E-state index >= 15 is 0 Å². The lowest BCUT2D eigenvalue weighted by Crippen LogP contribution is -2.37. The SMILES string of the molecule is O=C(c1ccccc1F)N(Cc1ccccc1O)CC1CCCO1. The summed E-state index contributed by atoms with van der Waals surface area (Å²) in [4.78, 5) is 14.4. The van der Waals surface area contributed by atoms with Crippen molar-refractivity contribution in [1.29, 1.82) is 0 Å². The number of para-hydroxylation sites is 1. The molecule has 1 fully saturated rings. The Hall–Kier alpha value is -2.40. The van der Waals surface area contributed by atoms with Gasteiger partial charge in [-0.3, -0.25) is 4.79 Å². The first kappa shape index (κ1) is 16.5. The minimum atomic E-state index is -0.544. The highest BCUT2D eigenvalue weighted by Gasteiger charge is 2.25. The van der Waals surface area contributed by atoms with Crippen LogP contribution in [-0.2, 0) is 11.3 Å². The van der Waals surface area contributed by atoms with Gasteiger partial charge in [-0.15, -0.1) is 0 Å². The van der Waals surface area contributed by atoms with Crippen molar-refractivity contribution in [2.75, 3.05) is 13.2 Å². The monoisotopic (exact) mass is 329 g/mol. The molecule has 5 heteroatoms. The third-order valence-corrected chi connectivity index (χ3v) is 4.19. The van der Waals surface area contributed by atoms with Crippen molar-refractivity contribution in [3.8, 4) is 5.75 Å². The molecular weight excluding hydrogens is 309 g/mol. The number of ether oxygens (including phenoxy) is 1. The van der Waals surface area contributed by atoms with Gasteiger partial charge in [0, 0.05) is 25.3 Å². The molecule has 0 bridgehead atoms. The molecule has 1 unspecified atom stereocenters. The lowest BCUT2D eigenvalue weighted by Gasteiger charge is -2.26. The van der Waals surface area contributed by atoms with E-state index in [-0.39, 0.29) is 24.0 Å². The number of aromatic hydroxyl groups is 1.